The van der Waals surface area contributed by atoms with Crippen molar-refractivity contribution in [1.82, 2.24) is 0 Å². The Bertz CT molecular complexity index is 1020. The Morgan fingerprint density at radius 1 is 0.733 bits per heavy atom. The molecule has 0 amide bonds. The number of aromatic hydroxyl groups is 2. The predicted octanol–water partition coefficient (Wildman–Crippen LogP) is 3.19. The van der Waals surface area contributed by atoms with Crippen molar-refractivity contribution in [3.05, 3.63) is 64.7 Å². The van der Waals surface area contributed by atoms with Crippen molar-refractivity contribution >= 4 is 32.5 Å². The highest BCUT2D eigenvalue weighted by molar-refractivity contribution is 7.99. The zero-order valence-electron chi connectivity index (χ0n) is 18.4. The predicted molar refractivity (Wildman–Crippen MR) is 129 cm³/mol. The van der Waals surface area contributed by atoms with E-state index in [4.69, 9.17) is 9.47 Å². The lowest BCUT2D eigenvalue weighted by Gasteiger charge is -2.24. The SMILES string of the molecule is COc1cc(C)c(O)c(P([SiH2]c2cccc(C)c2C)c2cc(OC)cc(C)c2O)c1. The van der Waals surface area contributed by atoms with E-state index in [-0.39, 0.29) is 11.5 Å². The molecule has 0 heterocycles. The third-order valence-corrected chi connectivity index (χ3v) is 12.9. The molecule has 6 heteroatoms. The Kier molecular flexibility index (Phi) is 6.74. The number of phenols is 2. The molecule has 2 N–H and O–H groups in total. The van der Waals surface area contributed by atoms with Crippen LogP contribution in [-0.2, 0) is 0 Å². The van der Waals surface area contributed by atoms with Crippen molar-refractivity contribution in [2.24, 2.45) is 0 Å². The average molecular weight is 441 g/mol. The number of benzene rings is 3. The minimum absolute atomic E-state index is 0.277. The van der Waals surface area contributed by atoms with E-state index in [2.05, 4.69) is 32.0 Å². The first-order chi connectivity index (χ1) is 14.3. The van der Waals surface area contributed by atoms with E-state index in [1.54, 1.807) is 14.2 Å². The van der Waals surface area contributed by atoms with Gasteiger partial charge < -0.3 is 19.7 Å². The summed E-state index contributed by atoms with van der Waals surface area (Å²) in [6, 6.07) is 13.9. The maximum absolute atomic E-state index is 11.0. The molecular weight excluding hydrogens is 411 g/mol. The quantitative estimate of drug-likeness (QED) is 0.457. The van der Waals surface area contributed by atoms with Crippen molar-refractivity contribution < 1.29 is 19.7 Å². The molecule has 158 valence electrons. The van der Waals surface area contributed by atoms with Crippen LogP contribution in [0.5, 0.6) is 23.0 Å². The van der Waals surface area contributed by atoms with Gasteiger partial charge in [-0.15, -0.1) is 0 Å². The van der Waals surface area contributed by atoms with Crippen molar-refractivity contribution in [2.45, 2.75) is 27.7 Å². The molecular formula is C24H29O4PSi. The van der Waals surface area contributed by atoms with Gasteiger partial charge in [-0.2, -0.15) is 0 Å². The van der Waals surface area contributed by atoms with Gasteiger partial charge in [0.05, 0.1) is 23.4 Å². The molecule has 0 fully saturated rings. The second-order valence-corrected chi connectivity index (χ2v) is 13.3. The van der Waals surface area contributed by atoms with Crippen LogP contribution >= 0.6 is 7.47 Å². The summed E-state index contributed by atoms with van der Waals surface area (Å²) in [4.78, 5) is 0. The molecule has 0 saturated heterocycles. The second kappa shape index (κ2) is 9.11. The van der Waals surface area contributed by atoms with Crippen molar-refractivity contribution in [2.75, 3.05) is 14.2 Å². The van der Waals surface area contributed by atoms with Crippen LogP contribution in [-0.4, -0.2) is 33.6 Å². The molecule has 0 spiro atoms. The number of hydrogen-bond donors (Lipinski definition) is 2. The normalized spacial score (nSPS) is 11.4. The fraction of sp³-hybridized carbons (Fsp3) is 0.250. The van der Waals surface area contributed by atoms with E-state index in [1.165, 1.54) is 16.3 Å². The number of phenolic OH excluding ortho intramolecular Hbond substituents is 2. The van der Waals surface area contributed by atoms with Gasteiger partial charge in [-0.3, -0.25) is 0 Å². The molecule has 0 unspecified atom stereocenters. The van der Waals surface area contributed by atoms with E-state index in [9.17, 15) is 10.2 Å². The lowest BCUT2D eigenvalue weighted by Crippen LogP contribution is -2.27. The fourth-order valence-corrected chi connectivity index (χ4v) is 11.2. The standard InChI is InChI=1S/C24H29O4PSi/c1-14-8-7-9-22(17(14)4)30-29(20-12-18(27-5)10-15(2)23(20)25)21-13-19(28-6)11-16(3)24(21)26/h7-13,25-26H,30H2,1-6H3. The van der Waals surface area contributed by atoms with Crippen molar-refractivity contribution in [1.29, 1.82) is 0 Å². The van der Waals surface area contributed by atoms with Crippen LogP contribution in [0.3, 0.4) is 0 Å². The van der Waals surface area contributed by atoms with Crippen LogP contribution in [0.15, 0.2) is 42.5 Å². The molecule has 0 aliphatic heterocycles. The first-order valence-corrected chi connectivity index (χ1v) is 14.0. The zero-order valence-corrected chi connectivity index (χ0v) is 20.7. The molecule has 3 rings (SSSR count). The molecule has 0 aromatic heterocycles. The van der Waals surface area contributed by atoms with E-state index in [1.807, 2.05) is 38.1 Å². The largest absolute Gasteiger partial charge is 0.507 e. The van der Waals surface area contributed by atoms with Crippen LogP contribution in [0.25, 0.3) is 0 Å². The second-order valence-electron chi connectivity index (χ2n) is 7.57. The first kappa shape index (κ1) is 22.2. The maximum atomic E-state index is 11.0. The van der Waals surface area contributed by atoms with Gasteiger partial charge in [0.25, 0.3) is 0 Å². The summed E-state index contributed by atoms with van der Waals surface area (Å²) in [5.41, 5.74) is 4.08. The molecule has 4 nitrogen and oxygen atoms in total. The molecule has 0 aliphatic carbocycles. The summed E-state index contributed by atoms with van der Waals surface area (Å²) in [6.45, 7) is 8.03. The molecule has 0 aliphatic rings. The number of ether oxygens (including phenoxy) is 2. The molecule has 30 heavy (non-hydrogen) atoms. The number of aryl methyl sites for hydroxylation is 3. The van der Waals surface area contributed by atoms with E-state index >= 15 is 0 Å². The Hall–Kier alpha value is -2.49. The third-order valence-electron chi connectivity index (χ3n) is 5.61. The van der Waals surface area contributed by atoms with Crippen molar-refractivity contribution in [3.63, 3.8) is 0 Å². The molecule has 0 saturated carbocycles. The highest BCUT2D eigenvalue weighted by Crippen LogP contribution is 2.42. The van der Waals surface area contributed by atoms with Crippen LogP contribution in [0.2, 0.25) is 0 Å². The zero-order chi connectivity index (χ0) is 22.0. The highest BCUT2D eigenvalue weighted by atomic mass is 31.4. The van der Waals surface area contributed by atoms with Crippen LogP contribution in [0, 0.1) is 27.7 Å². The van der Waals surface area contributed by atoms with Gasteiger partial charge in [-0.05, 0) is 74.2 Å². The third kappa shape index (κ3) is 4.33. The van der Waals surface area contributed by atoms with Gasteiger partial charge in [0.2, 0.25) is 0 Å². The summed E-state index contributed by atoms with van der Waals surface area (Å²) in [6.07, 6.45) is 0. The van der Waals surface area contributed by atoms with E-state index in [0.717, 1.165) is 21.7 Å². The van der Waals surface area contributed by atoms with E-state index < -0.39 is 16.7 Å². The van der Waals surface area contributed by atoms with Crippen LogP contribution < -0.4 is 25.3 Å². The first-order valence-electron chi connectivity index (χ1n) is 9.84. The number of methoxy groups -OCH3 is 2. The highest BCUT2D eigenvalue weighted by Gasteiger charge is 2.25. The van der Waals surface area contributed by atoms with Gasteiger partial charge in [-0.1, -0.05) is 30.9 Å². The van der Waals surface area contributed by atoms with Crippen molar-refractivity contribution in [3.8, 4) is 23.0 Å². The molecule has 3 aromatic rings. The lowest BCUT2D eigenvalue weighted by molar-refractivity contribution is 0.412. The van der Waals surface area contributed by atoms with Gasteiger partial charge in [0.1, 0.15) is 23.0 Å². The Balaban J connectivity index is 2.27. The molecule has 0 bridgehead atoms. The Labute approximate surface area is 181 Å². The maximum Gasteiger partial charge on any atom is 0.126 e. The monoisotopic (exact) mass is 440 g/mol. The summed E-state index contributed by atoms with van der Waals surface area (Å²) >= 11 is 0. The summed E-state index contributed by atoms with van der Waals surface area (Å²) < 4.78 is 11.0. The van der Waals surface area contributed by atoms with Gasteiger partial charge in [-0.25, -0.2) is 0 Å². The average Bonchev–Trinajstić information content (AvgIpc) is 2.73. The number of hydrogen-bond acceptors (Lipinski definition) is 4. The van der Waals surface area contributed by atoms with Gasteiger partial charge in [0.15, 0.2) is 0 Å². The van der Waals surface area contributed by atoms with Crippen LogP contribution in [0.1, 0.15) is 22.3 Å². The number of rotatable bonds is 6. The Morgan fingerprint density at radius 3 is 1.70 bits per heavy atom. The van der Waals surface area contributed by atoms with Crippen LogP contribution in [0.4, 0.5) is 0 Å². The van der Waals surface area contributed by atoms with Gasteiger partial charge >= 0.3 is 0 Å². The van der Waals surface area contributed by atoms with E-state index in [0.29, 0.717) is 11.5 Å². The lowest BCUT2D eigenvalue weighted by atomic mass is 10.1. The summed E-state index contributed by atoms with van der Waals surface area (Å²) in [5.74, 6) is 1.97. The Morgan fingerprint density at radius 2 is 1.23 bits per heavy atom. The fourth-order valence-electron chi connectivity index (χ4n) is 3.56. The minimum Gasteiger partial charge on any atom is -0.507 e. The molecule has 0 atom stereocenters. The molecule has 0 radical (unpaired) electrons. The topological polar surface area (TPSA) is 58.9 Å². The van der Waals surface area contributed by atoms with Gasteiger partial charge in [0, 0.05) is 10.6 Å². The molecule has 3 aromatic carbocycles. The smallest absolute Gasteiger partial charge is 0.126 e. The summed E-state index contributed by atoms with van der Waals surface area (Å²) in [5, 5.41) is 25.0. The minimum atomic E-state index is -0.995. The summed E-state index contributed by atoms with van der Waals surface area (Å²) in [7, 11) is 1.34.